The molecule has 1 aromatic carbocycles. The van der Waals surface area contributed by atoms with Crippen LogP contribution in [0.4, 0.5) is 0 Å². The van der Waals surface area contributed by atoms with E-state index in [0.29, 0.717) is 11.3 Å². The highest BCUT2D eigenvalue weighted by Crippen LogP contribution is 2.25. The Morgan fingerprint density at radius 1 is 1.47 bits per heavy atom. The number of hydrogen-bond donors (Lipinski definition) is 2. The second-order valence-electron chi connectivity index (χ2n) is 3.22. The van der Waals surface area contributed by atoms with Gasteiger partial charge in [-0.05, 0) is 18.2 Å². The second kappa shape index (κ2) is 4.65. The zero-order valence-corrected chi connectivity index (χ0v) is 8.94. The van der Waals surface area contributed by atoms with E-state index in [1.807, 2.05) is 0 Å². The number of hydrazine groups is 1. The monoisotopic (exact) mass is 210 g/mol. The van der Waals surface area contributed by atoms with Gasteiger partial charge in [0.15, 0.2) is 11.5 Å². The summed E-state index contributed by atoms with van der Waals surface area (Å²) in [5, 5.41) is 11.0. The van der Waals surface area contributed by atoms with Gasteiger partial charge < -0.3 is 9.84 Å². The van der Waals surface area contributed by atoms with Crippen LogP contribution in [0.1, 0.15) is 10.4 Å². The molecule has 0 atom stereocenters. The Morgan fingerprint density at radius 2 is 2.13 bits per heavy atom. The molecule has 1 rings (SSSR count). The van der Waals surface area contributed by atoms with Crippen LogP contribution < -0.4 is 10.2 Å². The van der Waals surface area contributed by atoms with Crippen molar-refractivity contribution in [3.05, 3.63) is 23.8 Å². The highest BCUT2D eigenvalue weighted by molar-refractivity contribution is 5.94. The Labute approximate surface area is 88.2 Å². The largest absolute Gasteiger partial charge is 0.504 e. The smallest absolute Gasteiger partial charge is 0.265 e. The molecule has 0 aliphatic heterocycles. The molecular weight excluding hydrogens is 196 g/mol. The fourth-order valence-corrected chi connectivity index (χ4v) is 1.10. The number of carbonyl (C=O) groups is 1. The van der Waals surface area contributed by atoms with Crippen LogP contribution in [0.3, 0.4) is 0 Å². The lowest BCUT2D eigenvalue weighted by atomic mass is 10.2. The molecule has 5 nitrogen and oxygen atoms in total. The van der Waals surface area contributed by atoms with Crippen LogP contribution >= 0.6 is 0 Å². The fourth-order valence-electron chi connectivity index (χ4n) is 1.10. The predicted molar refractivity (Wildman–Crippen MR) is 55.8 cm³/mol. The lowest BCUT2D eigenvalue weighted by Gasteiger charge is -2.12. The number of nitrogens with one attached hydrogen (secondary N) is 1. The molecule has 2 N–H and O–H groups in total. The van der Waals surface area contributed by atoms with Crippen molar-refractivity contribution in [3.63, 3.8) is 0 Å². The lowest BCUT2D eigenvalue weighted by molar-refractivity contribution is 0.0856. The van der Waals surface area contributed by atoms with E-state index in [0.717, 1.165) is 0 Å². The summed E-state index contributed by atoms with van der Waals surface area (Å²) in [5.41, 5.74) is 2.94. The number of amides is 1. The fraction of sp³-hybridized carbons (Fsp3) is 0.300. The Morgan fingerprint density at radius 3 is 2.60 bits per heavy atom. The van der Waals surface area contributed by atoms with Crippen molar-refractivity contribution in [2.45, 2.75) is 0 Å². The van der Waals surface area contributed by atoms with Gasteiger partial charge in [0, 0.05) is 19.7 Å². The summed E-state index contributed by atoms with van der Waals surface area (Å²) in [6.45, 7) is 0. The molecule has 0 aliphatic rings. The number of methoxy groups -OCH3 is 1. The summed E-state index contributed by atoms with van der Waals surface area (Å²) >= 11 is 0. The van der Waals surface area contributed by atoms with E-state index in [2.05, 4.69) is 5.43 Å². The molecular formula is C10H14N2O3. The van der Waals surface area contributed by atoms with E-state index in [9.17, 15) is 9.90 Å². The van der Waals surface area contributed by atoms with Gasteiger partial charge in [-0.3, -0.25) is 10.2 Å². The molecule has 0 spiro atoms. The first-order valence-corrected chi connectivity index (χ1v) is 4.40. The van der Waals surface area contributed by atoms with Gasteiger partial charge in [-0.15, -0.1) is 0 Å². The van der Waals surface area contributed by atoms with Crippen molar-refractivity contribution < 1.29 is 14.6 Å². The quantitative estimate of drug-likeness (QED) is 0.717. The average molecular weight is 210 g/mol. The third-order valence-electron chi connectivity index (χ3n) is 1.77. The van der Waals surface area contributed by atoms with E-state index < -0.39 is 0 Å². The summed E-state index contributed by atoms with van der Waals surface area (Å²) in [4.78, 5) is 11.5. The van der Waals surface area contributed by atoms with E-state index in [4.69, 9.17) is 4.74 Å². The summed E-state index contributed by atoms with van der Waals surface area (Å²) < 4.78 is 4.87. The standard InChI is InChI=1S/C10H14N2O3/c1-12(2)11-10(14)7-4-5-9(15-3)8(13)6-7/h4-6,13H,1-3H3,(H,11,14). The van der Waals surface area contributed by atoms with E-state index in [-0.39, 0.29) is 11.7 Å². The van der Waals surface area contributed by atoms with Crippen LogP contribution in [0, 0.1) is 0 Å². The molecule has 0 fully saturated rings. The number of phenols is 1. The minimum absolute atomic E-state index is 0.0519. The minimum Gasteiger partial charge on any atom is -0.504 e. The molecule has 82 valence electrons. The van der Waals surface area contributed by atoms with Crippen LogP contribution in [0.25, 0.3) is 0 Å². The van der Waals surface area contributed by atoms with Crippen LogP contribution in [-0.4, -0.2) is 37.2 Å². The molecule has 0 radical (unpaired) electrons. The number of nitrogens with zero attached hydrogens (tertiary/aromatic N) is 1. The molecule has 0 heterocycles. The maximum Gasteiger partial charge on any atom is 0.265 e. The maximum atomic E-state index is 11.5. The van der Waals surface area contributed by atoms with E-state index in [1.165, 1.54) is 18.2 Å². The highest BCUT2D eigenvalue weighted by Gasteiger charge is 2.09. The summed E-state index contributed by atoms with van der Waals surface area (Å²) in [5.74, 6) is 0.0123. The molecule has 1 amide bonds. The third kappa shape index (κ3) is 2.85. The third-order valence-corrected chi connectivity index (χ3v) is 1.77. The first kappa shape index (κ1) is 11.3. The van der Waals surface area contributed by atoms with Crippen LogP contribution in [0.2, 0.25) is 0 Å². The number of hydrogen-bond acceptors (Lipinski definition) is 4. The topological polar surface area (TPSA) is 61.8 Å². The van der Waals surface area contributed by atoms with Gasteiger partial charge in [0.05, 0.1) is 7.11 Å². The Hall–Kier alpha value is -1.75. The Kier molecular flexibility index (Phi) is 3.51. The first-order valence-electron chi connectivity index (χ1n) is 4.40. The van der Waals surface area contributed by atoms with Crippen molar-refractivity contribution in [2.75, 3.05) is 21.2 Å². The summed E-state index contributed by atoms with van der Waals surface area (Å²) in [7, 11) is 4.87. The van der Waals surface area contributed by atoms with Gasteiger partial charge in [0.2, 0.25) is 0 Å². The molecule has 0 unspecified atom stereocenters. The maximum absolute atomic E-state index is 11.5. The average Bonchev–Trinajstić information content (AvgIpc) is 2.16. The van der Waals surface area contributed by atoms with Crippen molar-refractivity contribution >= 4 is 5.91 Å². The van der Waals surface area contributed by atoms with Crippen molar-refractivity contribution in [3.8, 4) is 11.5 Å². The minimum atomic E-state index is -0.280. The number of carbonyl (C=O) groups excluding carboxylic acids is 1. The summed E-state index contributed by atoms with van der Waals surface area (Å²) in [6.07, 6.45) is 0. The molecule has 1 aromatic rings. The zero-order chi connectivity index (χ0) is 11.4. The van der Waals surface area contributed by atoms with Crippen molar-refractivity contribution in [1.29, 1.82) is 0 Å². The van der Waals surface area contributed by atoms with Gasteiger partial charge in [0.1, 0.15) is 0 Å². The van der Waals surface area contributed by atoms with E-state index in [1.54, 1.807) is 26.2 Å². The van der Waals surface area contributed by atoms with Crippen molar-refractivity contribution in [1.82, 2.24) is 10.4 Å². The molecule has 0 bridgehead atoms. The summed E-state index contributed by atoms with van der Waals surface area (Å²) in [6, 6.07) is 4.48. The van der Waals surface area contributed by atoms with Gasteiger partial charge in [-0.25, -0.2) is 5.01 Å². The molecule has 15 heavy (non-hydrogen) atoms. The van der Waals surface area contributed by atoms with Gasteiger partial charge in [0.25, 0.3) is 5.91 Å². The Bertz CT molecular complexity index is 364. The molecule has 5 heteroatoms. The zero-order valence-electron chi connectivity index (χ0n) is 8.94. The van der Waals surface area contributed by atoms with Gasteiger partial charge in [-0.1, -0.05) is 0 Å². The Balaban J connectivity index is 2.87. The number of aromatic hydroxyl groups is 1. The predicted octanol–water partition coefficient (Wildman–Crippen LogP) is 0.607. The second-order valence-corrected chi connectivity index (χ2v) is 3.22. The highest BCUT2D eigenvalue weighted by atomic mass is 16.5. The van der Waals surface area contributed by atoms with Gasteiger partial charge in [-0.2, -0.15) is 0 Å². The number of phenolic OH excluding ortho intramolecular Hbond substituents is 1. The van der Waals surface area contributed by atoms with Crippen LogP contribution in [0.15, 0.2) is 18.2 Å². The molecule has 0 saturated heterocycles. The lowest BCUT2D eigenvalue weighted by Crippen LogP contribution is -2.36. The first-order chi connectivity index (χ1) is 7.04. The molecule has 0 aliphatic carbocycles. The molecule has 0 saturated carbocycles. The number of benzene rings is 1. The van der Waals surface area contributed by atoms with Crippen LogP contribution in [0.5, 0.6) is 11.5 Å². The number of rotatable bonds is 3. The molecule has 0 aromatic heterocycles. The van der Waals surface area contributed by atoms with Gasteiger partial charge >= 0.3 is 0 Å². The van der Waals surface area contributed by atoms with E-state index >= 15 is 0 Å². The normalized spacial score (nSPS) is 10.1. The van der Waals surface area contributed by atoms with Crippen LogP contribution in [-0.2, 0) is 0 Å². The SMILES string of the molecule is COc1ccc(C(=O)NN(C)C)cc1O. The van der Waals surface area contributed by atoms with Crippen molar-refractivity contribution in [2.24, 2.45) is 0 Å². The number of ether oxygens (including phenoxy) is 1.